The van der Waals surface area contributed by atoms with E-state index in [2.05, 4.69) is 10.0 Å². The smallest absolute Gasteiger partial charge is 0.412 e. The summed E-state index contributed by atoms with van der Waals surface area (Å²) in [6.07, 6.45) is -0.635. The second-order valence-electron chi connectivity index (χ2n) is 6.85. The standard InChI is InChI=1S/C18H21N3O6S/c1-18(2,3)27-17(24)20-11-4-6-12(7-5-11)21-28(25,26)13-8-9-15(22)14(10-13)16(19)23/h4-10,21-22H,1-3H3,(H2,19,23)(H,20,24). The molecule has 9 nitrogen and oxygen atoms in total. The first-order valence-corrected chi connectivity index (χ1v) is 9.61. The van der Waals surface area contributed by atoms with E-state index in [1.807, 2.05) is 0 Å². The predicted molar refractivity (Wildman–Crippen MR) is 104 cm³/mol. The van der Waals surface area contributed by atoms with Crippen LogP contribution in [-0.4, -0.2) is 31.1 Å². The topological polar surface area (TPSA) is 148 Å². The molecule has 28 heavy (non-hydrogen) atoms. The molecule has 0 aliphatic carbocycles. The van der Waals surface area contributed by atoms with Crippen molar-refractivity contribution in [3.63, 3.8) is 0 Å². The van der Waals surface area contributed by atoms with E-state index < -0.39 is 33.4 Å². The fourth-order valence-corrected chi connectivity index (χ4v) is 3.22. The van der Waals surface area contributed by atoms with Crippen molar-refractivity contribution in [2.45, 2.75) is 31.3 Å². The highest BCUT2D eigenvalue weighted by atomic mass is 32.2. The maximum atomic E-state index is 12.5. The van der Waals surface area contributed by atoms with Crippen LogP contribution >= 0.6 is 0 Å². The van der Waals surface area contributed by atoms with E-state index in [1.165, 1.54) is 24.3 Å². The lowest BCUT2D eigenvalue weighted by Crippen LogP contribution is -2.27. The summed E-state index contributed by atoms with van der Waals surface area (Å²) >= 11 is 0. The van der Waals surface area contributed by atoms with Crippen LogP contribution < -0.4 is 15.8 Å². The molecule has 2 amide bonds. The normalized spacial score (nSPS) is 11.5. The van der Waals surface area contributed by atoms with Crippen LogP contribution in [0, 0.1) is 0 Å². The number of anilines is 2. The number of sulfonamides is 1. The zero-order valence-electron chi connectivity index (χ0n) is 15.5. The summed E-state index contributed by atoms with van der Waals surface area (Å²) in [5.41, 5.74) is 4.80. The number of aromatic hydroxyl groups is 1. The highest BCUT2D eigenvalue weighted by Gasteiger charge is 2.19. The van der Waals surface area contributed by atoms with Crippen molar-refractivity contribution in [3.8, 4) is 5.75 Å². The predicted octanol–water partition coefficient (Wildman–Crippen LogP) is 2.64. The van der Waals surface area contributed by atoms with Gasteiger partial charge in [0.05, 0.1) is 10.5 Å². The Bertz CT molecular complexity index is 995. The fourth-order valence-electron chi connectivity index (χ4n) is 2.14. The van der Waals surface area contributed by atoms with E-state index >= 15 is 0 Å². The average molecular weight is 407 g/mol. The number of carbonyl (C=O) groups is 2. The van der Waals surface area contributed by atoms with Gasteiger partial charge in [-0.25, -0.2) is 13.2 Å². The minimum atomic E-state index is -4.03. The number of phenols is 1. The molecule has 10 heteroatoms. The Hall–Kier alpha value is -3.27. The van der Waals surface area contributed by atoms with Gasteiger partial charge in [-0.2, -0.15) is 0 Å². The van der Waals surface area contributed by atoms with Crippen LogP contribution in [0.5, 0.6) is 5.75 Å². The van der Waals surface area contributed by atoms with Crippen molar-refractivity contribution in [2.24, 2.45) is 5.73 Å². The summed E-state index contributed by atoms with van der Waals surface area (Å²) in [6.45, 7) is 5.20. The number of amides is 2. The van der Waals surface area contributed by atoms with Crippen molar-refractivity contribution < 1.29 is 27.9 Å². The van der Waals surface area contributed by atoms with E-state index in [4.69, 9.17) is 10.5 Å². The zero-order chi connectivity index (χ0) is 21.1. The van der Waals surface area contributed by atoms with E-state index in [0.717, 1.165) is 18.2 Å². The van der Waals surface area contributed by atoms with Gasteiger partial charge >= 0.3 is 6.09 Å². The summed E-state index contributed by atoms with van der Waals surface area (Å²) in [5, 5.41) is 12.1. The summed E-state index contributed by atoms with van der Waals surface area (Å²) in [7, 11) is -4.03. The molecule has 0 aromatic heterocycles. The van der Waals surface area contributed by atoms with Crippen LogP contribution in [0.1, 0.15) is 31.1 Å². The van der Waals surface area contributed by atoms with E-state index in [0.29, 0.717) is 5.69 Å². The van der Waals surface area contributed by atoms with Gasteiger partial charge in [0.1, 0.15) is 11.4 Å². The van der Waals surface area contributed by atoms with Crippen molar-refractivity contribution in [3.05, 3.63) is 48.0 Å². The average Bonchev–Trinajstić information content (AvgIpc) is 2.54. The van der Waals surface area contributed by atoms with Gasteiger partial charge in [-0.15, -0.1) is 0 Å². The van der Waals surface area contributed by atoms with Crippen LogP contribution in [0.3, 0.4) is 0 Å². The van der Waals surface area contributed by atoms with Crippen LogP contribution in [0.4, 0.5) is 16.2 Å². The lowest BCUT2D eigenvalue weighted by atomic mass is 10.2. The van der Waals surface area contributed by atoms with Crippen molar-refractivity contribution in [1.29, 1.82) is 0 Å². The Morgan fingerprint density at radius 3 is 2.14 bits per heavy atom. The van der Waals surface area contributed by atoms with Crippen LogP contribution in [0.15, 0.2) is 47.4 Å². The molecule has 2 aromatic rings. The number of rotatable bonds is 5. The molecule has 0 aliphatic heterocycles. The van der Waals surface area contributed by atoms with Crippen molar-refractivity contribution in [2.75, 3.05) is 10.0 Å². The van der Waals surface area contributed by atoms with Gasteiger partial charge in [0.25, 0.3) is 15.9 Å². The number of carbonyl (C=O) groups excluding carboxylic acids is 2. The molecule has 0 saturated heterocycles. The molecule has 150 valence electrons. The second-order valence-corrected chi connectivity index (χ2v) is 8.54. The number of ether oxygens (including phenoxy) is 1. The first-order chi connectivity index (χ1) is 12.9. The van der Waals surface area contributed by atoms with Crippen LogP contribution in [-0.2, 0) is 14.8 Å². The number of hydrogen-bond acceptors (Lipinski definition) is 6. The molecule has 0 unspecified atom stereocenters. The minimum absolute atomic E-state index is 0.225. The molecular formula is C18H21N3O6S. The molecule has 0 aliphatic rings. The first kappa shape index (κ1) is 21.0. The first-order valence-electron chi connectivity index (χ1n) is 8.13. The van der Waals surface area contributed by atoms with Crippen LogP contribution in [0.25, 0.3) is 0 Å². The Morgan fingerprint density at radius 1 is 1.04 bits per heavy atom. The Labute approximate surface area is 162 Å². The molecule has 0 saturated carbocycles. The summed E-state index contributed by atoms with van der Waals surface area (Å²) < 4.78 is 32.4. The lowest BCUT2D eigenvalue weighted by Gasteiger charge is -2.19. The van der Waals surface area contributed by atoms with Crippen molar-refractivity contribution in [1.82, 2.24) is 0 Å². The van der Waals surface area contributed by atoms with E-state index in [-0.39, 0.29) is 16.1 Å². The maximum absolute atomic E-state index is 12.5. The van der Waals surface area contributed by atoms with Gasteiger partial charge in [0.2, 0.25) is 0 Å². The van der Waals surface area contributed by atoms with E-state index in [9.17, 15) is 23.1 Å². The van der Waals surface area contributed by atoms with Crippen LogP contribution in [0.2, 0.25) is 0 Å². The third-order valence-corrected chi connectivity index (χ3v) is 4.71. The molecule has 2 rings (SSSR count). The Kier molecular flexibility index (Phi) is 5.84. The lowest BCUT2D eigenvalue weighted by molar-refractivity contribution is 0.0635. The SMILES string of the molecule is CC(C)(C)OC(=O)Nc1ccc(NS(=O)(=O)c2ccc(O)c(C(N)=O)c2)cc1. The number of nitrogens with two attached hydrogens (primary N) is 1. The second kappa shape index (κ2) is 7.77. The zero-order valence-corrected chi connectivity index (χ0v) is 16.3. The van der Waals surface area contributed by atoms with Gasteiger partial charge in [0.15, 0.2) is 0 Å². The third kappa shape index (κ3) is 5.61. The largest absolute Gasteiger partial charge is 0.507 e. The molecule has 0 radical (unpaired) electrons. The van der Waals surface area contributed by atoms with E-state index in [1.54, 1.807) is 20.8 Å². The molecule has 2 aromatic carbocycles. The van der Waals surface area contributed by atoms with Crippen molar-refractivity contribution >= 4 is 33.4 Å². The van der Waals surface area contributed by atoms with Gasteiger partial charge in [-0.05, 0) is 63.2 Å². The molecule has 0 atom stereocenters. The Morgan fingerprint density at radius 2 is 1.61 bits per heavy atom. The molecule has 0 fully saturated rings. The number of hydrogen-bond donors (Lipinski definition) is 4. The van der Waals surface area contributed by atoms with Gasteiger partial charge < -0.3 is 15.6 Å². The number of benzene rings is 2. The number of primary amides is 1. The summed E-state index contributed by atoms with van der Waals surface area (Å²) in [4.78, 5) is 22.8. The van der Waals surface area contributed by atoms with Gasteiger partial charge in [0, 0.05) is 11.4 Å². The molecular weight excluding hydrogens is 386 g/mol. The molecule has 0 heterocycles. The highest BCUT2D eigenvalue weighted by molar-refractivity contribution is 7.92. The molecule has 0 spiro atoms. The molecule has 5 N–H and O–H groups in total. The number of nitrogens with one attached hydrogen (secondary N) is 2. The quantitative estimate of drug-likeness (QED) is 0.599. The highest BCUT2D eigenvalue weighted by Crippen LogP contribution is 2.23. The fraction of sp³-hybridized carbons (Fsp3) is 0.222. The Balaban J connectivity index is 2.14. The summed E-state index contributed by atoms with van der Waals surface area (Å²) in [5.74, 6) is -1.36. The monoisotopic (exact) mass is 407 g/mol. The third-order valence-electron chi connectivity index (χ3n) is 3.33. The maximum Gasteiger partial charge on any atom is 0.412 e. The summed E-state index contributed by atoms with van der Waals surface area (Å²) in [6, 6.07) is 9.07. The van der Waals surface area contributed by atoms with Gasteiger partial charge in [-0.3, -0.25) is 14.8 Å². The molecule has 0 bridgehead atoms. The van der Waals surface area contributed by atoms with Gasteiger partial charge in [-0.1, -0.05) is 0 Å². The minimum Gasteiger partial charge on any atom is -0.507 e.